The van der Waals surface area contributed by atoms with Gasteiger partial charge in [0.2, 0.25) is 5.91 Å². The minimum absolute atomic E-state index is 0.171. The van der Waals surface area contributed by atoms with Crippen LogP contribution in [0.15, 0.2) is 0 Å². The fourth-order valence-electron chi connectivity index (χ4n) is 1.56. The highest BCUT2D eigenvalue weighted by Crippen LogP contribution is 2.32. The summed E-state index contributed by atoms with van der Waals surface area (Å²) in [6.45, 7) is 1.42. The molecule has 1 aliphatic heterocycles. The highest BCUT2D eigenvalue weighted by molar-refractivity contribution is 5.76. The Morgan fingerprint density at radius 2 is 2.31 bits per heavy atom. The monoisotopic (exact) mass is 185 g/mol. The second kappa shape index (κ2) is 3.64. The number of hydrogen-bond donors (Lipinski definition) is 1. The first kappa shape index (κ1) is 8.97. The van der Waals surface area contributed by atoms with E-state index in [1.807, 2.05) is 0 Å². The van der Waals surface area contributed by atoms with E-state index >= 15 is 0 Å². The van der Waals surface area contributed by atoms with Crippen LogP contribution in [-0.4, -0.2) is 41.9 Å². The van der Waals surface area contributed by atoms with Crippen molar-refractivity contribution in [1.82, 2.24) is 4.90 Å². The van der Waals surface area contributed by atoms with E-state index < -0.39 is 6.29 Å². The van der Waals surface area contributed by atoms with E-state index in [4.69, 9.17) is 9.84 Å². The number of carbonyl (C=O) groups excluding carboxylic acids is 1. The van der Waals surface area contributed by atoms with Crippen molar-refractivity contribution in [2.24, 2.45) is 5.92 Å². The molecule has 1 atom stereocenters. The van der Waals surface area contributed by atoms with Crippen molar-refractivity contribution in [3.63, 3.8) is 0 Å². The van der Waals surface area contributed by atoms with E-state index in [1.165, 1.54) is 12.8 Å². The SMILES string of the molecule is O=C(CC1CC1)N1CCOC(O)C1. The van der Waals surface area contributed by atoms with E-state index in [-0.39, 0.29) is 5.91 Å². The van der Waals surface area contributed by atoms with Gasteiger partial charge < -0.3 is 14.7 Å². The molecule has 0 radical (unpaired) electrons. The van der Waals surface area contributed by atoms with Gasteiger partial charge in [0.1, 0.15) is 0 Å². The highest BCUT2D eigenvalue weighted by atomic mass is 16.6. The van der Waals surface area contributed by atoms with Crippen molar-refractivity contribution in [1.29, 1.82) is 0 Å². The molecule has 4 nitrogen and oxygen atoms in total. The minimum atomic E-state index is -0.781. The lowest BCUT2D eigenvalue weighted by molar-refractivity contribution is -0.164. The van der Waals surface area contributed by atoms with Gasteiger partial charge in [-0.3, -0.25) is 4.79 Å². The van der Waals surface area contributed by atoms with E-state index in [0.717, 1.165) is 0 Å². The maximum absolute atomic E-state index is 11.6. The van der Waals surface area contributed by atoms with Crippen LogP contribution >= 0.6 is 0 Å². The third-order valence-corrected chi connectivity index (χ3v) is 2.56. The quantitative estimate of drug-likeness (QED) is 0.657. The lowest BCUT2D eigenvalue weighted by Crippen LogP contribution is -2.45. The molecule has 0 aromatic carbocycles. The topological polar surface area (TPSA) is 49.8 Å². The zero-order valence-corrected chi connectivity index (χ0v) is 7.61. The first-order chi connectivity index (χ1) is 6.25. The van der Waals surface area contributed by atoms with Crippen LogP contribution in [-0.2, 0) is 9.53 Å². The van der Waals surface area contributed by atoms with Crippen LogP contribution in [0.1, 0.15) is 19.3 Å². The molecule has 0 aromatic heterocycles. The summed E-state index contributed by atoms with van der Waals surface area (Å²) in [5, 5.41) is 9.16. The summed E-state index contributed by atoms with van der Waals surface area (Å²) in [5.41, 5.74) is 0. The van der Waals surface area contributed by atoms with Crippen LogP contribution in [0, 0.1) is 5.92 Å². The average molecular weight is 185 g/mol. The molecular formula is C9H15NO3. The van der Waals surface area contributed by atoms with Gasteiger partial charge in [0.25, 0.3) is 0 Å². The predicted molar refractivity (Wildman–Crippen MR) is 45.9 cm³/mol. The molecule has 1 saturated heterocycles. The summed E-state index contributed by atoms with van der Waals surface area (Å²) in [6, 6.07) is 0. The molecule has 13 heavy (non-hydrogen) atoms. The molecule has 1 N–H and O–H groups in total. The number of ether oxygens (including phenoxy) is 1. The number of amides is 1. The molecule has 4 heteroatoms. The molecule has 1 saturated carbocycles. The van der Waals surface area contributed by atoms with Crippen molar-refractivity contribution in [2.75, 3.05) is 19.7 Å². The van der Waals surface area contributed by atoms with Crippen LogP contribution < -0.4 is 0 Å². The summed E-state index contributed by atoms with van der Waals surface area (Å²) in [5.74, 6) is 0.789. The highest BCUT2D eigenvalue weighted by Gasteiger charge is 2.29. The van der Waals surface area contributed by atoms with Gasteiger partial charge in [0.15, 0.2) is 6.29 Å². The summed E-state index contributed by atoms with van der Waals surface area (Å²) >= 11 is 0. The van der Waals surface area contributed by atoms with Crippen molar-refractivity contribution >= 4 is 5.91 Å². The van der Waals surface area contributed by atoms with Gasteiger partial charge in [-0.25, -0.2) is 0 Å². The third-order valence-electron chi connectivity index (χ3n) is 2.56. The summed E-state index contributed by atoms with van der Waals surface area (Å²) < 4.78 is 4.94. The molecule has 1 unspecified atom stereocenters. The fourth-order valence-corrected chi connectivity index (χ4v) is 1.56. The second-order valence-electron chi connectivity index (χ2n) is 3.81. The number of morpholine rings is 1. The van der Waals surface area contributed by atoms with Crippen molar-refractivity contribution in [3.8, 4) is 0 Å². The second-order valence-corrected chi connectivity index (χ2v) is 3.81. The van der Waals surface area contributed by atoms with Crippen LogP contribution in [0.2, 0.25) is 0 Å². The maximum atomic E-state index is 11.6. The fraction of sp³-hybridized carbons (Fsp3) is 0.889. The standard InChI is InChI=1S/C9H15NO3/c11-8(5-7-1-2-7)10-3-4-13-9(12)6-10/h7,9,12H,1-6H2. The molecule has 1 aliphatic carbocycles. The normalized spacial score (nSPS) is 29.0. The zero-order valence-electron chi connectivity index (χ0n) is 7.61. The molecule has 1 heterocycles. The van der Waals surface area contributed by atoms with Crippen LogP contribution in [0.5, 0.6) is 0 Å². The Morgan fingerprint density at radius 1 is 1.54 bits per heavy atom. The molecule has 2 rings (SSSR count). The van der Waals surface area contributed by atoms with Crippen LogP contribution in [0.4, 0.5) is 0 Å². The molecule has 2 aliphatic rings. The van der Waals surface area contributed by atoms with Gasteiger partial charge in [-0.15, -0.1) is 0 Å². The molecule has 0 aromatic rings. The van der Waals surface area contributed by atoms with Gasteiger partial charge in [-0.2, -0.15) is 0 Å². The molecule has 2 fully saturated rings. The Labute approximate surface area is 77.5 Å². The first-order valence-corrected chi connectivity index (χ1v) is 4.83. The maximum Gasteiger partial charge on any atom is 0.223 e. The number of β-amino-alcohol motifs (C(OH)–C–C–N with tert-alkyl or cyclic N) is 1. The lowest BCUT2D eigenvalue weighted by Gasteiger charge is -2.30. The predicted octanol–water partition coefficient (Wildman–Crippen LogP) is -0.0363. The number of hydrogen-bond acceptors (Lipinski definition) is 3. The Hall–Kier alpha value is -0.610. The summed E-state index contributed by atoms with van der Waals surface area (Å²) in [7, 11) is 0. The first-order valence-electron chi connectivity index (χ1n) is 4.83. The minimum Gasteiger partial charge on any atom is -0.366 e. The molecule has 74 valence electrons. The van der Waals surface area contributed by atoms with Gasteiger partial charge in [0, 0.05) is 13.0 Å². The Bertz CT molecular complexity index is 203. The van der Waals surface area contributed by atoms with Crippen molar-refractivity contribution in [2.45, 2.75) is 25.6 Å². The number of carbonyl (C=O) groups is 1. The van der Waals surface area contributed by atoms with Gasteiger partial charge in [-0.1, -0.05) is 0 Å². The van der Waals surface area contributed by atoms with E-state index in [1.54, 1.807) is 4.90 Å². The Balaban J connectivity index is 1.80. The number of nitrogens with zero attached hydrogens (tertiary/aromatic N) is 1. The number of aliphatic hydroxyl groups is 1. The number of aliphatic hydroxyl groups excluding tert-OH is 1. The van der Waals surface area contributed by atoms with E-state index in [2.05, 4.69) is 0 Å². The zero-order chi connectivity index (χ0) is 9.26. The van der Waals surface area contributed by atoms with E-state index in [0.29, 0.717) is 32.0 Å². The molecule has 0 spiro atoms. The Morgan fingerprint density at radius 3 is 2.92 bits per heavy atom. The molecular weight excluding hydrogens is 170 g/mol. The summed E-state index contributed by atoms with van der Waals surface area (Å²) in [6.07, 6.45) is 2.26. The molecule has 1 amide bonds. The van der Waals surface area contributed by atoms with Gasteiger partial charge in [0.05, 0.1) is 13.2 Å². The Kier molecular flexibility index (Phi) is 2.51. The number of rotatable bonds is 2. The van der Waals surface area contributed by atoms with Crippen molar-refractivity contribution < 1.29 is 14.6 Å². The summed E-state index contributed by atoms with van der Waals surface area (Å²) in [4.78, 5) is 13.3. The van der Waals surface area contributed by atoms with E-state index in [9.17, 15) is 4.79 Å². The average Bonchev–Trinajstić information content (AvgIpc) is 2.88. The van der Waals surface area contributed by atoms with Crippen LogP contribution in [0.3, 0.4) is 0 Å². The van der Waals surface area contributed by atoms with Gasteiger partial charge >= 0.3 is 0 Å². The van der Waals surface area contributed by atoms with Crippen molar-refractivity contribution in [3.05, 3.63) is 0 Å². The smallest absolute Gasteiger partial charge is 0.223 e. The van der Waals surface area contributed by atoms with Crippen LogP contribution in [0.25, 0.3) is 0 Å². The third kappa shape index (κ3) is 2.42. The largest absolute Gasteiger partial charge is 0.366 e. The molecule has 0 bridgehead atoms. The van der Waals surface area contributed by atoms with Gasteiger partial charge in [-0.05, 0) is 18.8 Å². The lowest BCUT2D eigenvalue weighted by atomic mass is 10.2.